The molecule has 0 fully saturated rings. The Hall–Kier alpha value is -2.61. The summed E-state index contributed by atoms with van der Waals surface area (Å²) in [6.07, 6.45) is 3.97. The Morgan fingerprint density at radius 3 is 2.27 bits per heavy atom. The molecule has 0 radical (unpaired) electrons. The lowest BCUT2D eigenvalue weighted by molar-refractivity contribution is -0.136. The van der Waals surface area contributed by atoms with Gasteiger partial charge >= 0.3 is 5.97 Å². The minimum absolute atomic E-state index is 0.317. The molecule has 1 aromatic rings. The average Bonchev–Trinajstić information content (AvgIpc) is 2.54. The maximum absolute atomic E-state index is 11.1. The first kappa shape index (κ1) is 17.4. The van der Waals surface area contributed by atoms with E-state index in [0.29, 0.717) is 30.3 Å². The van der Waals surface area contributed by atoms with E-state index in [1.807, 2.05) is 6.08 Å². The van der Waals surface area contributed by atoms with Gasteiger partial charge in [-0.05, 0) is 19.4 Å². The number of esters is 1. The summed E-state index contributed by atoms with van der Waals surface area (Å²) in [5.41, 5.74) is 0.875. The third-order valence-corrected chi connectivity index (χ3v) is 2.79. The van der Waals surface area contributed by atoms with Crippen molar-refractivity contribution in [2.75, 3.05) is 27.9 Å². The van der Waals surface area contributed by atoms with Gasteiger partial charge in [0.25, 0.3) is 0 Å². The van der Waals surface area contributed by atoms with E-state index in [4.69, 9.17) is 18.9 Å². The highest BCUT2D eigenvalue weighted by Gasteiger charge is 2.11. The van der Waals surface area contributed by atoms with Crippen LogP contribution in [0.3, 0.4) is 0 Å². The van der Waals surface area contributed by atoms with E-state index in [2.05, 4.69) is 11.8 Å². The zero-order chi connectivity index (χ0) is 16.4. The maximum atomic E-state index is 11.1. The molecule has 0 atom stereocenters. The molecule has 1 rings (SSSR count). The molecular formula is C17H20O5. The molecule has 0 aliphatic rings. The van der Waals surface area contributed by atoms with Crippen molar-refractivity contribution in [3.63, 3.8) is 0 Å². The van der Waals surface area contributed by atoms with E-state index >= 15 is 0 Å². The lowest BCUT2D eigenvalue weighted by Gasteiger charge is -2.13. The fraction of sp³-hybridized carbons (Fsp3) is 0.353. The number of rotatable bonds is 6. The normalized spacial score (nSPS) is 9.82. The molecule has 5 heteroatoms. The number of allylic oxidation sites excluding steroid dienone is 2. The van der Waals surface area contributed by atoms with Gasteiger partial charge in [0.15, 0.2) is 0 Å². The van der Waals surface area contributed by atoms with Crippen LogP contribution in [0.5, 0.6) is 17.2 Å². The second-order valence-electron chi connectivity index (χ2n) is 4.11. The minimum Gasteiger partial charge on any atom is -0.496 e. The van der Waals surface area contributed by atoms with Gasteiger partial charge in [-0.2, -0.15) is 0 Å². The molecule has 0 saturated heterocycles. The van der Waals surface area contributed by atoms with E-state index in [9.17, 15) is 4.79 Å². The molecule has 0 heterocycles. The quantitative estimate of drug-likeness (QED) is 0.459. The van der Waals surface area contributed by atoms with Crippen molar-refractivity contribution in [2.45, 2.75) is 13.3 Å². The van der Waals surface area contributed by atoms with Crippen molar-refractivity contribution in [2.24, 2.45) is 0 Å². The van der Waals surface area contributed by atoms with Crippen LogP contribution in [-0.4, -0.2) is 33.9 Å². The highest BCUT2D eigenvalue weighted by Crippen LogP contribution is 2.34. The van der Waals surface area contributed by atoms with E-state index < -0.39 is 5.97 Å². The highest BCUT2D eigenvalue weighted by molar-refractivity contribution is 5.88. The third kappa shape index (κ3) is 5.06. The first-order valence-corrected chi connectivity index (χ1v) is 6.78. The van der Waals surface area contributed by atoms with Crippen molar-refractivity contribution in [1.29, 1.82) is 0 Å². The maximum Gasteiger partial charge on any atom is 0.384 e. The largest absolute Gasteiger partial charge is 0.496 e. The van der Waals surface area contributed by atoms with Gasteiger partial charge in [0.05, 0.1) is 27.9 Å². The number of carbonyl (C=O) groups is 1. The van der Waals surface area contributed by atoms with Gasteiger partial charge < -0.3 is 18.9 Å². The Labute approximate surface area is 130 Å². The number of hydrogen-bond donors (Lipinski definition) is 0. The molecular weight excluding hydrogens is 284 g/mol. The van der Waals surface area contributed by atoms with Crippen LogP contribution >= 0.6 is 0 Å². The SMILES string of the molecule is CCOC(=O)C#C/C=C/Cc1c(OC)cc(OC)cc1OC. The number of hydrogen-bond acceptors (Lipinski definition) is 5. The second kappa shape index (κ2) is 9.35. The van der Waals surface area contributed by atoms with Crippen LogP contribution < -0.4 is 14.2 Å². The van der Waals surface area contributed by atoms with E-state index in [1.165, 1.54) is 0 Å². The van der Waals surface area contributed by atoms with Gasteiger partial charge in [-0.15, -0.1) is 0 Å². The smallest absolute Gasteiger partial charge is 0.384 e. The molecule has 1 aromatic carbocycles. The van der Waals surface area contributed by atoms with E-state index in [0.717, 1.165) is 5.56 Å². The number of ether oxygens (including phenoxy) is 4. The van der Waals surface area contributed by atoms with E-state index in [-0.39, 0.29) is 0 Å². The summed E-state index contributed by atoms with van der Waals surface area (Å²) in [4.78, 5) is 11.1. The fourth-order valence-electron chi connectivity index (χ4n) is 1.78. The molecule has 0 N–H and O–H groups in total. The summed E-state index contributed by atoms with van der Waals surface area (Å²) in [5, 5.41) is 0. The van der Waals surface area contributed by atoms with Gasteiger partial charge in [-0.1, -0.05) is 12.0 Å². The Kier molecular flexibility index (Phi) is 7.41. The van der Waals surface area contributed by atoms with Crippen LogP contribution in [0.4, 0.5) is 0 Å². The minimum atomic E-state index is -0.535. The summed E-state index contributed by atoms with van der Waals surface area (Å²) in [7, 11) is 4.75. The summed E-state index contributed by atoms with van der Waals surface area (Å²) < 4.78 is 20.6. The van der Waals surface area contributed by atoms with Gasteiger partial charge in [0.1, 0.15) is 17.2 Å². The molecule has 0 amide bonds. The monoisotopic (exact) mass is 304 g/mol. The van der Waals surface area contributed by atoms with Crippen molar-refractivity contribution < 1.29 is 23.7 Å². The molecule has 0 aliphatic heterocycles. The van der Waals surface area contributed by atoms with Gasteiger partial charge in [0, 0.05) is 23.6 Å². The molecule has 118 valence electrons. The molecule has 0 unspecified atom stereocenters. The Morgan fingerprint density at radius 1 is 1.14 bits per heavy atom. The van der Waals surface area contributed by atoms with Gasteiger partial charge in [0.2, 0.25) is 0 Å². The van der Waals surface area contributed by atoms with Crippen molar-refractivity contribution in [1.82, 2.24) is 0 Å². The number of methoxy groups -OCH3 is 3. The molecule has 22 heavy (non-hydrogen) atoms. The van der Waals surface area contributed by atoms with Crippen LogP contribution in [-0.2, 0) is 16.0 Å². The first-order valence-electron chi connectivity index (χ1n) is 6.78. The van der Waals surface area contributed by atoms with Gasteiger partial charge in [-0.3, -0.25) is 0 Å². The van der Waals surface area contributed by atoms with E-state index in [1.54, 1.807) is 46.5 Å². The predicted molar refractivity (Wildman–Crippen MR) is 83.4 cm³/mol. The summed E-state index contributed by atoms with van der Waals surface area (Å²) >= 11 is 0. The Morgan fingerprint density at radius 2 is 1.77 bits per heavy atom. The van der Waals surface area contributed by atoms with Crippen molar-refractivity contribution >= 4 is 5.97 Å². The second-order valence-corrected chi connectivity index (χ2v) is 4.11. The fourth-order valence-corrected chi connectivity index (χ4v) is 1.78. The predicted octanol–water partition coefficient (Wildman–Crippen LogP) is 2.38. The summed E-state index contributed by atoms with van der Waals surface area (Å²) in [6, 6.07) is 3.58. The highest BCUT2D eigenvalue weighted by atomic mass is 16.5. The summed E-state index contributed by atoms with van der Waals surface area (Å²) in [6.45, 7) is 2.05. The average molecular weight is 304 g/mol. The molecule has 0 aromatic heterocycles. The zero-order valence-electron chi connectivity index (χ0n) is 13.3. The molecule has 0 saturated carbocycles. The Balaban J connectivity index is 2.86. The standard InChI is InChI=1S/C17H20O5/c1-5-22-17(18)10-8-6-7-9-14-15(20-3)11-13(19-2)12-16(14)21-4/h6-7,11-12H,5,9H2,1-4H3/b7-6+. The summed E-state index contributed by atoms with van der Waals surface area (Å²) in [5.74, 6) is 6.44. The third-order valence-electron chi connectivity index (χ3n) is 2.79. The lowest BCUT2D eigenvalue weighted by atomic mass is 10.1. The molecule has 0 aliphatic carbocycles. The zero-order valence-corrected chi connectivity index (χ0v) is 13.3. The molecule has 0 bridgehead atoms. The Bertz CT molecular complexity index is 568. The van der Waals surface area contributed by atoms with Gasteiger partial charge in [-0.25, -0.2) is 4.79 Å². The van der Waals surface area contributed by atoms with Crippen molar-refractivity contribution in [3.05, 3.63) is 29.8 Å². The van der Waals surface area contributed by atoms with Crippen LogP contribution in [0, 0.1) is 11.8 Å². The molecule has 5 nitrogen and oxygen atoms in total. The number of benzene rings is 1. The van der Waals surface area contributed by atoms with Crippen LogP contribution in [0.25, 0.3) is 0 Å². The van der Waals surface area contributed by atoms with Crippen LogP contribution in [0.1, 0.15) is 12.5 Å². The topological polar surface area (TPSA) is 54.0 Å². The van der Waals surface area contributed by atoms with Crippen molar-refractivity contribution in [3.8, 4) is 29.1 Å². The van der Waals surface area contributed by atoms with Crippen LogP contribution in [0.2, 0.25) is 0 Å². The molecule has 0 spiro atoms. The number of carbonyl (C=O) groups excluding carboxylic acids is 1. The van der Waals surface area contributed by atoms with Crippen LogP contribution in [0.15, 0.2) is 24.3 Å². The first-order chi connectivity index (χ1) is 10.7. The lowest BCUT2D eigenvalue weighted by Crippen LogP contribution is -1.99.